The van der Waals surface area contributed by atoms with Crippen molar-refractivity contribution in [3.8, 4) is 5.75 Å². The van der Waals surface area contributed by atoms with Crippen LogP contribution in [-0.4, -0.2) is 35.6 Å². The molecule has 30 heavy (non-hydrogen) atoms. The van der Waals surface area contributed by atoms with Crippen molar-refractivity contribution in [3.63, 3.8) is 0 Å². The van der Waals surface area contributed by atoms with Crippen LogP contribution in [0.5, 0.6) is 5.75 Å². The molecule has 8 heteroatoms. The number of carbonyl (C=O) groups excluding carboxylic acids is 2. The van der Waals surface area contributed by atoms with Gasteiger partial charge in [-0.15, -0.1) is 0 Å². The summed E-state index contributed by atoms with van der Waals surface area (Å²) < 4.78 is 25.2. The van der Waals surface area contributed by atoms with Gasteiger partial charge in [-0.2, -0.15) is 0 Å². The highest BCUT2D eigenvalue weighted by atomic mass is 19.1. The standard InChI is InChI=1S/C22H21FN2O5/c1-13-19(20(27)25-22(12-26)8-9-24-21(22)28)16-10-15(6-7-18(16)30-13)29-11-14-4-2-3-5-17(14)23/h2-7,10,26H,8-9,11-12H2,1H3,(H,24,28)(H,25,27). The molecule has 2 heterocycles. The predicted molar refractivity (Wildman–Crippen MR) is 107 cm³/mol. The van der Waals surface area contributed by atoms with E-state index >= 15 is 0 Å². The Hall–Kier alpha value is -3.39. The number of hydrogen-bond acceptors (Lipinski definition) is 5. The number of ether oxygens (including phenoxy) is 1. The quantitative estimate of drug-likeness (QED) is 0.577. The minimum atomic E-state index is -1.36. The summed E-state index contributed by atoms with van der Waals surface area (Å²) in [4.78, 5) is 25.1. The molecule has 1 aromatic heterocycles. The SMILES string of the molecule is Cc1oc2ccc(OCc3ccccc3F)cc2c1C(=O)NC1(CO)CCNC1=O. The van der Waals surface area contributed by atoms with Crippen molar-refractivity contribution >= 4 is 22.8 Å². The van der Waals surface area contributed by atoms with Crippen molar-refractivity contribution < 1.29 is 28.2 Å². The largest absolute Gasteiger partial charge is 0.489 e. The molecule has 0 saturated carbocycles. The number of aliphatic hydroxyl groups excluding tert-OH is 1. The van der Waals surface area contributed by atoms with Crippen molar-refractivity contribution in [1.82, 2.24) is 10.6 Å². The molecular formula is C22H21FN2O5. The van der Waals surface area contributed by atoms with Gasteiger partial charge in [0.15, 0.2) is 0 Å². The van der Waals surface area contributed by atoms with Crippen molar-refractivity contribution in [1.29, 1.82) is 0 Å². The lowest BCUT2D eigenvalue weighted by atomic mass is 9.97. The molecule has 1 saturated heterocycles. The Morgan fingerprint density at radius 2 is 2.13 bits per heavy atom. The summed E-state index contributed by atoms with van der Waals surface area (Å²) in [6.07, 6.45) is 0.292. The number of fused-ring (bicyclic) bond motifs is 1. The van der Waals surface area contributed by atoms with Crippen LogP contribution >= 0.6 is 0 Å². The monoisotopic (exact) mass is 412 g/mol. The number of benzene rings is 2. The van der Waals surface area contributed by atoms with E-state index in [9.17, 15) is 19.1 Å². The van der Waals surface area contributed by atoms with E-state index in [-0.39, 0.29) is 18.0 Å². The number of furan rings is 1. The fourth-order valence-electron chi connectivity index (χ4n) is 3.61. The average molecular weight is 412 g/mol. The smallest absolute Gasteiger partial charge is 0.256 e. The van der Waals surface area contributed by atoms with Crippen molar-refractivity contribution in [3.05, 3.63) is 65.2 Å². The summed E-state index contributed by atoms with van der Waals surface area (Å²) in [5, 5.41) is 15.5. The molecule has 1 unspecified atom stereocenters. The van der Waals surface area contributed by atoms with Crippen LogP contribution in [0.15, 0.2) is 46.9 Å². The van der Waals surface area contributed by atoms with Gasteiger partial charge in [-0.05, 0) is 37.6 Å². The van der Waals surface area contributed by atoms with Gasteiger partial charge in [0.1, 0.15) is 35.1 Å². The van der Waals surface area contributed by atoms with E-state index in [4.69, 9.17) is 9.15 Å². The molecule has 156 valence electrons. The molecule has 0 aliphatic carbocycles. The predicted octanol–water partition coefficient (Wildman–Crippen LogP) is 2.44. The maximum atomic E-state index is 13.8. The third kappa shape index (κ3) is 3.50. The molecule has 2 amide bonds. The lowest BCUT2D eigenvalue weighted by molar-refractivity contribution is -0.125. The number of hydrogen-bond donors (Lipinski definition) is 3. The molecule has 3 N–H and O–H groups in total. The molecule has 1 fully saturated rings. The molecule has 7 nitrogen and oxygen atoms in total. The van der Waals surface area contributed by atoms with Crippen LogP contribution in [0, 0.1) is 12.7 Å². The van der Waals surface area contributed by atoms with Crippen LogP contribution in [0.4, 0.5) is 4.39 Å². The van der Waals surface area contributed by atoms with Crippen LogP contribution in [-0.2, 0) is 11.4 Å². The molecule has 1 aliphatic rings. The minimum absolute atomic E-state index is 0.0321. The van der Waals surface area contributed by atoms with E-state index in [2.05, 4.69) is 10.6 Å². The highest BCUT2D eigenvalue weighted by Gasteiger charge is 2.44. The zero-order valence-electron chi connectivity index (χ0n) is 16.3. The number of nitrogens with one attached hydrogen (secondary N) is 2. The summed E-state index contributed by atoms with van der Waals surface area (Å²) in [6.45, 7) is 1.55. The Morgan fingerprint density at radius 3 is 2.83 bits per heavy atom. The van der Waals surface area contributed by atoms with Gasteiger partial charge in [0.2, 0.25) is 5.91 Å². The molecule has 4 rings (SSSR count). The van der Waals surface area contributed by atoms with Gasteiger partial charge >= 0.3 is 0 Å². The highest BCUT2D eigenvalue weighted by molar-refractivity contribution is 6.09. The van der Waals surface area contributed by atoms with E-state index in [1.54, 1.807) is 43.3 Å². The first-order valence-corrected chi connectivity index (χ1v) is 9.54. The van der Waals surface area contributed by atoms with Gasteiger partial charge in [-0.25, -0.2) is 4.39 Å². The molecule has 3 aromatic rings. The lowest BCUT2D eigenvalue weighted by Crippen LogP contribution is -2.56. The molecule has 2 aromatic carbocycles. The summed E-state index contributed by atoms with van der Waals surface area (Å²) in [7, 11) is 0. The van der Waals surface area contributed by atoms with Crippen LogP contribution < -0.4 is 15.4 Å². The van der Waals surface area contributed by atoms with Crippen molar-refractivity contribution in [2.24, 2.45) is 0 Å². The van der Waals surface area contributed by atoms with E-state index in [1.165, 1.54) is 6.07 Å². The number of amides is 2. The molecule has 0 spiro atoms. The number of aliphatic hydroxyl groups is 1. The van der Waals surface area contributed by atoms with Gasteiger partial charge < -0.3 is 24.9 Å². The second kappa shape index (κ2) is 7.79. The van der Waals surface area contributed by atoms with E-state index in [0.717, 1.165) is 0 Å². The molecular weight excluding hydrogens is 391 g/mol. The molecule has 0 bridgehead atoms. The second-order valence-corrected chi connectivity index (χ2v) is 7.27. The average Bonchev–Trinajstić information content (AvgIpc) is 3.26. The summed E-state index contributed by atoms with van der Waals surface area (Å²) >= 11 is 0. The third-order valence-electron chi connectivity index (χ3n) is 5.31. The van der Waals surface area contributed by atoms with Crippen molar-refractivity contribution in [2.75, 3.05) is 13.2 Å². The number of carbonyl (C=O) groups is 2. The highest BCUT2D eigenvalue weighted by Crippen LogP contribution is 2.30. The molecule has 0 radical (unpaired) electrons. The summed E-state index contributed by atoms with van der Waals surface area (Å²) in [5.41, 5.74) is -0.207. The maximum Gasteiger partial charge on any atom is 0.256 e. The lowest BCUT2D eigenvalue weighted by Gasteiger charge is -2.24. The van der Waals surface area contributed by atoms with Crippen LogP contribution in [0.3, 0.4) is 0 Å². The maximum absolute atomic E-state index is 13.8. The first-order chi connectivity index (χ1) is 14.4. The summed E-state index contributed by atoms with van der Waals surface area (Å²) in [5.74, 6) is -0.486. The Bertz CT molecular complexity index is 1130. The fraction of sp³-hybridized carbons (Fsp3) is 0.273. The Morgan fingerprint density at radius 1 is 1.33 bits per heavy atom. The van der Waals surface area contributed by atoms with Crippen LogP contribution in [0.1, 0.15) is 28.1 Å². The zero-order valence-corrected chi connectivity index (χ0v) is 16.3. The number of halogens is 1. The van der Waals surface area contributed by atoms with Gasteiger partial charge in [0.25, 0.3) is 5.91 Å². The van der Waals surface area contributed by atoms with Gasteiger partial charge in [-0.3, -0.25) is 9.59 Å². The first kappa shape index (κ1) is 19.9. The number of aryl methyl sites for hydroxylation is 1. The summed E-state index contributed by atoms with van der Waals surface area (Å²) in [6, 6.07) is 11.3. The van der Waals surface area contributed by atoms with Crippen LogP contribution in [0.25, 0.3) is 11.0 Å². The minimum Gasteiger partial charge on any atom is -0.489 e. The normalized spacial score (nSPS) is 18.4. The van der Waals surface area contributed by atoms with Gasteiger partial charge in [0, 0.05) is 17.5 Å². The Kier molecular flexibility index (Phi) is 5.17. The fourth-order valence-corrected chi connectivity index (χ4v) is 3.61. The van der Waals surface area contributed by atoms with Gasteiger partial charge in [-0.1, -0.05) is 18.2 Å². The van der Waals surface area contributed by atoms with E-state index < -0.39 is 24.0 Å². The molecule has 1 aliphatic heterocycles. The van der Waals surface area contributed by atoms with E-state index in [1.807, 2.05) is 0 Å². The van der Waals surface area contributed by atoms with Crippen LogP contribution in [0.2, 0.25) is 0 Å². The van der Waals surface area contributed by atoms with Gasteiger partial charge in [0.05, 0.1) is 12.2 Å². The first-order valence-electron chi connectivity index (χ1n) is 9.54. The number of rotatable bonds is 6. The van der Waals surface area contributed by atoms with E-state index in [0.29, 0.717) is 41.0 Å². The van der Waals surface area contributed by atoms with Crippen molar-refractivity contribution in [2.45, 2.75) is 25.5 Å². The topological polar surface area (TPSA) is 101 Å². The Balaban J connectivity index is 1.61. The zero-order chi connectivity index (χ0) is 21.3. The molecule has 1 atom stereocenters. The second-order valence-electron chi connectivity index (χ2n) is 7.27. The Labute approximate surface area is 171 Å². The third-order valence-corrected chi connectivity index (χ3v) is 5.31.